The minimum Gasteiger partial charge on any atom is -0.493 e. The average Bonchev–Trinajstić information content (AvgIpc) is 3.12. The molecule has 0 fully saturated rings. The van der Waals surface area contributed by atoms with Crippen LogP contribution in [0.4, 0.5) is 0 Å². The number of ether oxygens (including phenoxy) is 3. The molecule has 1 aromatic heterocycles. The van der Waals surface area contributed by atoms with Crippen molar-refractivity contribution in [1.82, 2.24) is 10.5 Å². The number of benzene rings is 2. The van der Waals surface area contributed by atoms with Crippen LogP contribution in [0.15, 0.2) is 40.9 Å². The number of hydrogen-bond acceptors (Lipinski definition) is 6. The van der Waals surface area contributed by atoms with Crippen molar-refractivity contribution >= 4 is 17.5 Å². The number of aryl methyl sites for hydroxylation is 1. The lowest BCUT2D eigenvalue weighted by molar-refractivity contribution is 0.0949. The van der Waals surface area contributed by atoms with Gasteiger partial charge in [0.25, 0.3) is 5.91 Å². The van der Waals surface area contributed by atoms with E-state index in [2.05, 4.69) is 10.5 Å². The number of halogens is 1. The summed E-state index contributed by atoms with van der Waals surface area (Å²) >= 11 is 6.26. The van der Waals surface area contributed by atoms with Crippen LogP contribution in [-0.4, -0.2) is 32.4 Å². The molecule has 1 heterocycles. The second-order valence-electron chi connectivity index (χ2n) is 6.12. The van der Waals surface area contributed by atoms with Crippen LogP contribution < -0.4 is 19.5 Å². The molecule has 0 aliphatic heterocycles. The van der Waals surface area contributed by atoms with Gasteiger partial charge in [-0.05, 0) is 25.1 Å². The lowest BCUT2D eigenvalue weighted by atomic mass is 10.1. The highest BCUT2D eigenvalue weighted by atomic mass is 35.5. The molecular weight excluding hydrogens is 396 g/mol. The van der Waals surface area contributed by atoms with Crippen LogP contribution in [0.1, 0.15) is 21.7 Å². The van der Waals surface area contributed by atoms with Crippen LogP contribution in [0, 0.1) is 6.92 Å². The molecule has 3 aromatic rings. The number of rotatable bonds is 7. The van der Waals surface area contributed by atoms with Gasteiger partial charge in [0, 0.05) is 17.7 Å². The van der Waals surface area contributed by atoms with Gasteiger partial charge in [0.2, 0.25) is 5.75 Å². The largest absolute Gasteiger partial charge is 0.493 e. The summed E-state index contributed by atoms with van der Waals surface area (Å²) in [5.74, 6) is 1.54. The summed E-state index contributed by atoms with van der Waals surface area (Å²) < 4.78 is 21.4. The number of nitrogens with one attached hydrogen (secondary N) is 1. The Labute approximate surface area is 173 Å². The van der Waals surface area contributed by atoms with E-state index in [1.54, 1.807) is 38.3 Å². The monoisotopic (exact) mass is 416 g/mol. The summed E-state index contributed by atoms with van der Waals surface area (Å²) in [6.45, 7) is 1.88. The fraction of sp³-hybridized carbons (Fsp3) is 0.238. The topological polar surface area (TPSA) is 82.8 Å². The molecule has 1 amide bonds. The van der Waals surface area contributed by atoms with Crippen molar-refractivity contribution in [2.45, 2.75) is 13.5 Å². The number of hydrogen-bond donors (Lipinski definition) is 1. The Morgan fingerprint density at radius 1 is 1.07 bits per heavy atom. The van der Waals surface area contributed by atoms with E-state index in [0.717, 1.165) is 5.56 Å². The molecule has 0 spiro atoms. The Morgan fingerprint density at radius 3 is 2.45 bits per heavy atom. The van der Waals surface area contributed by atoms with Gasteiger partial charge >= 0.3 is 0 Å². The van der Waals surface area contributed by atoms with Gasteiger partial charge in [-0.25, -0.2) is 0 Å². The molecule has 8 heteroatoms. The number of carbonyl (C=O) groups excluding carboxylic acids is 1. The van der Waals surface area contributed by atoms with Crippen molar-refractivity contribution in [1.29, 1.82) is 0 Å². The zero-order valence-electron chi connectivity index (χ0n) is 16.5. The molecule has 2 aromatic carbocycles. The highest BCUT2D eigenvalue weighted by molar-refractivity contribution is 6.33. The normalized spacial score (nSPS) is 10.5. The molecule has 0 atom stereocenters. The molecule has 1 N–H and O–H groups in total. The van der Waals surface area contributed by atoms with Gasteiger partial charge in [0.1, 0.15) is 17.0 Å². The summed E-state index contributed by atoms with van der Waals surface area (Å²) in [5, 5.41) is 7.38. The van der Waals surface area contributed by atoms with E-state index in [0.29, 0.717) is 44.9 Å². The molecule has 0 bridgehead atoms. The van der Waals surface area contributed by atoms with Crippen molar-refractivity contribution in [3.8, 4) is 28.5 Å². The van der Waals surface area contributed by atoms with E-state index in [1.165, 1.54) is 14.2 Å². The van der Waals surface area contributed by atoms with Crippen LogP contribution in [0.25, 0.3) is 11.3 Å². The maximum absolute atomic E-state index is 12.9. The molecule has 152 valence electrons. The number of nitrogens with zero attached hydrogens (tertiary/aromatic N) is 1. The number of carbonyl (C=O) groups is 1. The first kappa shape index (κ1) is 20.5. The van der Waals surface area contributed by atoms with Crippen LogP contribution in [0.3, 0.4) is 0 Å². The van der Waals surface area contributed by atoms with E-state index in [-0.39, 0.29) is 12.5 Å². The zero-order valence-corrected chi connectivity index (χ0v) is 17.3. The molecule has 0 unspecified atom stereocenters. The number of aromatic nitrogens is 1. The molecule has 3 rings (SSSR count). The van der Waals surface area contributed by atoms with Gasteiger partial charge in [-0.1, -0.05) is 35.0 Å². The van der Waals surface area contributed by atoms with Crippen LogP contribution in [0.2, 0.25) is 5.02 Å². The second kappa shape index (κ2) is 8.87. The van der Waals surface area contributed by atoms with Crippen molar-refractivity contribution in [2.24, 2.45) is 0 Å². The molecule has 0 saturated carbocycles. The smallest absolute Gasteiger partial charge is 0.257 e. The summed E-state index contributed by atoms with van der Waals surface area (Å²) in [5.41, 5.74) is 2.08. The Kier molecular flexibility index (Phi) is 6.29. The molecular formula is C21H21ClN2O5. The van der Waals surface area contributed by atoms with Crippen LogP contribution >= 0.6 is 11.6 Å². The van der Waals surface area contributed by atoms with E-state index in [9.17, 15) is 4.79 Å². The van der Waals surface area contributed by atoms with Crippen LogP contribution in [-0.2, 0) is 6.54 Å². The summed E-state index contributed by atoms with van der Waals surface area (Å²) in [6, 6.07) is 10.7. The summed E-state index contributed by atoms with van der Waals surface area (Å²) in [7, 11) is 4.60. The van der Waals surface area contributed by atoms with Gasteiger partial charge in [0.15, 0.2) is 11.5 Å². The Morgan fingerprint density at radius 2 is 1.79 bits per heavy atom. The van der Waals surface area contributed by atoms with Crippen molar-refractivity contribution in [2.75, 3.05) is 21.3 Å². The molecule has 0 aliphatic carbocycles. The third kappa shape index (κ3) is 4.00. The molecule has 0 radical (unpaired) electrons. The number of methoxy groups -OCH3 is 3. The highest BCUT2D eigenvalue weighted by Crippen LogP contribution is 2.39. The maximum Gasteiger partial charge on any atom is 0.257 e. The molecule has 7 nitrogen and oxygen atoms in total. The van der Waals surface area contributed by atoms with Gasteiger partial charge in [-0.2, -0.15) is 0 Å². The average molecular weight is 417 g/mol. The van der Waals surface area contributed by atoms with Gasteiger partial charge in [0.05, 0.1) is 26.4 Å². The molecule has 0 aliphatic rings. The lowest BCUT2D eigenvalue weighted by Gasteiger charge is -2.16. The van der Waals surface area contributed by atoms with Gasteiger partial charge in [-0.15, -0.1) is 0 Å². The molecule has 0 saturated heterocycles. The standard InChI is InChI=1S/C21H21ClN2O5/c1-12-17(18(24-29-12)14-7-5-6-8-15(14)22)21(25)23-11-13-9-10-16(26-2)20(28-4)19(13)27-3/h5-10H,11H2,1-4H3,(H,23,25). The first-order valence-corrected chi connectivity index (χ1v) is 9.16. The van der Waals surface area contributed by atoms with E-state index < -0.39 is 0 Å². The van der Waals surface area contributed by atoms with E-state index in [4.69, 9.17) is 30.3 Å². The van der Waals surface area contributed by atoms with Gasteiger partial charge < -0.3 is 24.1 Å². The van der Waals surface area contributed by atoms with E-state index in [1.807, 2.05) is 12.1 Å². The summed E-state index contributed by atoms with van der Waals surface area (Å²) in [4.78, 5) is 12.9. The van der Waals surface area contributed by atoms with Crippen LogP contribution in [0.5, 0.6) is 17.2 Å². The van der Waals surface area contributed by atoms with E-state index >= 15 is 0 Å². The third-order valence-corrected chi connectivity index (χ3v) is 4.77. The zero-order chi connectivity index (χ0) is 21.0. The number of amides is 1. The first-order valence-electron chi connectivity index (χ1n) is 8.79. The van der Waals surface area contributed by atoms with Crippen molar-refractivity contribution in [3.63, 3.8) is 0 Å². The lowest BCUT2D eigenvalue weighted by Crippen LogP contribution is -2.24. The molecule has 29 heavy (non-hydrogen) atoms. The fourth-order valence-electron chi connectivity index (χ4n) is 3.04. The Hall–Kier alpha value is -3.19. The highest BCUT2D eigenvalue weighted by Gasteiger charge is 2.23. The van der Waals surface area contributed by atoms with Crippen molar-refractivity contribution in [3.05, 3.63) is 58.3 Å². The minimum absolute atomic E-state index is 0.203. The second-order valence-corrected chi connectivity index (χ2v) is 6.53. The van der Waals surface area contributed by atoms with Crippen molar-refractivity contribution < 1.29 is 23.5 Å². The quantitative estimate of drug-likeness (QED) is 0.619. The predicted octanol–water partition coefficient (Wildman–Crippen LogP) is 4.26. The minimum atomic E-state index is -0.337. The maximum atomic E-state index is 12.9. The predicted molar refractivity (Wildman–Crippen MR) is 109 cm³/mol. The Bertz CT molecular complexity index is 1030. The Balaban J connectivity index is 1.88. The fourth-order valence-corrected chi connectivity index (χ4v) is 3.27. The van der Waals surface area contributed by atoms with Gasteiger partial charge in [-0.3, -0.25) is 4.79 Å². The first-order chi connectivity index (χ1) is 14.0. The third-order valence-electron chi connectivity index (χ3n) is 4.44. The summed E-state index contributed by atoms with van der Waals surface area (Å²) in [6.07, 6.45) is 0. The SMILES string of the molecule is COc1ccc(CNC(=O)c2c(-c3ccccc3Cl)noc2C)c(OC)c1OC.